The van der Waals surface area contributed by atoms with Gasteiger partial charge in [-0.25, -0.2) is 0 Å². The Labute approximate surface area is 123 Å². The Morgan fingerprint density at radius 3 is 2.45 bits per heavy atom. The van der Waals surface area contributed by atoms with E-state index in [1.807, 2.05) is 0 Å². The molecule has 1 unspecified atom stereocenters. The van der Waals surface area contributed by atoms with Crippen LogP contribution >= 0.6 is 0 Å². The Hall–Kier alpha value is -1.06. The van der Waals surface area contributed by atoms with Crippen molar-refractivity contribution in [3.63, 3.8) is 0 Å². The largest absolute Gasteiger partial charge is 0.371 e. The number of nitrogens with zero attached hydrogens (tertiary/aromatic N) is 2. The molecule has 20 heavy (non-hydrogen) atoms. The standard InChI is InChI=1S/C17H29N3/c1-13-11-15(12-14(2)18)5-6-17(13)20-9-7-16(8-10-20)19(3)4/h5-6,11,14,16H,7-10,12,18H2,1-4H3. The fourth-order valence-corrected chi connectivity index (χ4v) is 3.19. The van der Waals surface area contributed by atoms with Gasteiger partial charge in [-0.3, -0.25) is 0 Å². The van der Waals surface area contributed by atoms with Gasteiger partial charge in [0.25, 0.3) is 0 Å². The van der Waals surface area contributed by atoms with Gasteiger partial charge >= 0.3 is 0 Å². The summed E-state index contributed by atoms with van der Waals surface area (Å²) in [6.07, 6.45) is 3.48. The number of hydrogen-bond donors (Lipinski definition) is 1. The number of aryl methyl sites for hydroxylation is 1. The molecule has 112 valence electrons. The Balaban J connectivity index is 2.03. The van der Waals surface area contributed by atoms with Gasteiger partial charge in [0.2, 0.25) is 0 Å². The van der Waals surface area contributed by atoms with Crippen molar-refractivity contribution < 1.29 is 0 Å². The molecule has 0 saturated carbocycles. The topological polar surface area (TPSA) is 32.5 Å². The van der Waals surface area contributed by atoms with E-state index in [2.05, 4.69) is 55.9 Å². The predicted octanol–water partition coefficient (Wildman–Crippen LogP) is 2.42. The second-order valence-electron chi connectivity index (χ2n) is 6.48. The number of piperidine rings is 1. The zero-order chi connectivity index (χ0) is 14.7. The van der Waals surface area contributed by atoms with Crippen molar-refractivity contribution in [2.45, 2.75) is 45.2 Å². The first kappa shape index (κ1) is 15.3. The van der Waals surface area contributed by atoms with E-state index in [1.165, 1.54) is 29.7 Å². The van der Waals surface area contributed by atoms with Crippen molar-refractivity contribution in [1.82, 2.24) is 4.90 Å². The zero-order valence-electron chi connectivity index (χ0n) is 13.4. The van der Waals surface area contributed by atoms with Crippen LogP contribution in [0, 0.1) is 6.92 Å². The molecule has 1 aromatic rings. The summed E-state index contributed by atoms with van der Waals surface area (Å²) in [5.74, 6) is 0. The molecule has 2 N–H and O–H groups in total. The van der Waals surface area contributed by atoms with Crippen LogP contribution in [0.2, 0.25) is 0 Å². The molecule has 0 radical (unpaired) electrons. The molecule has 1 aliphatic heterocycles. The molecule has 3 heteroatoms. The summed E-state index contributed by atoms with van der Waals surface area (Å²) in [5, 5.41) is 0. The maximum Gasteiger partial charge on any atom is 0.0396 e. The molecule has 1 saturated heterocycles. The lowest BCUT2D eigenvalue weighted by molar-refractivity contribution is 0.249. The van der Waals surface area contributed by atoms with Gasteiger partial charge < -0.3 is 15.5 Å². The summed E-state index contributed by atoms with van der Waals surface area (Å²) in [7, 11) is 4.38. The number of rotatable bonds is 4. The highest BCUT2D eigenvalue weighted by molar-refractivity contribution is 5.54. The molecular formula is C17H29N3. The van der Waals surface area contributed by atoms with Crippen LogP contribution in [0.4, 0.5) is 5.69 Å². The normalized spacial score (nSPS) is 18.6. The van der Waals surface area contributed by atoms with Crippen molar-refractivity contribution in [3.05, 3.63) is 29.3 Å². The first-order valence-corrected chi connectivity index (χ1v) is 7.74. The van der Waals surface area contributed by atoms with Gasteiger partial charge in [0, 0.05) is 30.9 Å². The van der Waals surface area contributed by atoms with Crippen molar-refractivity contribution >= 4 is 5.69 Å². The number of nitrogens with two attached hydrogens (primary N) is 1. The number of anilines is 1. The van der Waals surface area contributed by atoms with Crippen LogP contribution < -0.4 is 10.6 Å². The third-order valence-corrected chi connectivity index (χ3v) is 4.35. The van der Waals surface area contributed by atoms with Crippen molar-refractivity contribution in [1.29, 1.82) is 0 Å². The van der Waals surface area contributed by atoms with Gasteiger partial charge in [-0.1, -0.05) is 12.1 Å². The molecule has 2 rings (SSSR count). The summed E-state index contributed by atoms with van der Waals surface area (Å²) in [5.41, 5.74) is 10.0. The SMILES string of the molecule is Cc1cc(CC(C)N)ccc1N1CCC(N(C)C)CC1. The van der Waals surface area contributed by atoms with E-state index in [1.54, 1.807) is 0 Å². The van der Waals surface area contributed by atoms with Crippen molar-refractivity contribution in [2.24, 2.45) is 5.73 Å². The predicted molar refractivity (Wildman–Crippen MR) is 87.5 cm³/mol. The Morgan fingerprint density at radius 1 is 1.30 bits per heavy atom. The highest BCUT2D eigenvalue weighted by Crippen LogP contribution is 2.26. The monoisotopic (exact) mass is 275 g/mol. The van der Waals surface area contributed by atoms with Crippen LogP contribution in [-0.4, -0.2) is 44.2 Å². The minimum absolute atomic E-state index is 0.232. The molecule has 0 bridgehead atoms. The van der Waals surface area contributed by atoms with Gasteiger partial charge in [-0.2, -0.15) is 0 Å². The van der Waals surface area contributed by atoms with Crippen LogP contribution in [0.25, 0.3) is 0 Å². The third kappa shape index (κ3) is 3.74. The molecule has 1 atom stereocenters. The quantitative estimate of drug-likeness (QED) is 0.916. The summed E-state index contributed by atoms with van der Waals surface area (Å²) < 4.78 is 0. The van der Waals surface area contributed by atoms with Gasteiger partial charge in [-0.15, -0.1) is 0 Å². The first-order valence-electron chi connectivity index (χ1n) is 7.74. The molecule has 1 fully saturated rings. The van der Waals surface area contributed by atoms with E-state index in [0.29, 0.717) is 0 Å². The molecule has 1 aliphatic rings. The molecule has 1 heterocycles. The van der Waals surface area contributed by atoms with Crippen LogP contribution in [0.1, 0.15) is 30.9 Å². The molecule has 0 aromatic heterocycles. The van der Waals surface area contributed by atoms with E-state index >= 15 is 0 Å². The van der Waals surface area contributed by atoms with E-state index in [9.17, 15) is 0 Å². The van der Waals surface area contributed by atoms with Gasteiger partial charge in [0.1, 0.15) is 0 Å². The second-order valence-corrected chi connectivity index (χ2v) is 6.48. The van der Waals surface area contributed by atoms with Gasteiger partial charge in [0.15, 0.2) is 0 Å². The van der Waals surface area contributed by atoms with E-state index in [0.717, 1.165) is 25.6 Å². The van der Waals surface area contributed by atoms with Gasteiger partial charge in [-0.05, 0) is 64.4 Å². The summed E-state index contributed by atoms with van der Waals surface area (Å²) in [4.78, 5) is 4.89. The average Bonchev–Trinajstić information content (AvgIpc) is 2.38. The molecule has 1 aromatic carbocycles. The second kappa shape index (κ2) is 6.59. The van der Waals surface area contributed by atoms with E-state index in [-0.39, 0.29) is 6.04 Å². The summed E-state index contributed by atoms with van der Waals surface area (Å²) >= 11 is 0. The highest BCUT2D eigenvalue weighted by Gasteiger charge is 2.21. The van der Waals surface area contributed by atoms with E-state index < -0.39 is 0 Å². The summed E-state index contributed by atoms with van der Waals surface area (Å²) in [6, 6.07) is 7.80. The van der Waals surface area contributed by atoms with Crippen LogP contribution in [0.5, 0.6) is 0 Å². The van der Waals surface area contributed by atoms with Crippen LogP contribution in [0.3, 0.4) is 0 Å². The van der Waals surface area contributed by atoms with Crippen molar-refractivity contribution in [2.75, 3.05) is 32.1 Å². The fraction of sp³-hybridized carbons (Fsp3) is 0.647. The minimum atomic E-state index is 0.232. The highest BCUT2D eigenvalue weighted by atomic mass is 15.2. The maximum atomic E-state index is 5.88. The Bertz CT molecular complexity index is 432. The van der Waals surface area contributed by atoms with Crippen LogP contribution in [-0.2, 0) is 6.42 Å². The molecule has 0 amide bonds. The lowest BCUT2D eigenvalue weighted by atomic mass is 10.00. The zero-order valence-corrected chi connectivity index (χ0v) is 13.4. The Kier molecular flexibility index (Phi) is 5.06. The number of hydrogen-bond acceptors (Lipinski definition) is 3. The average molecular weight is 275 g/mol. The minimum Gasteiger partial charge on any atom is -0.371 e. The number of benzene rings is 1. The fourth-order valence-electron chi connectivity index (χ4n) is 3.19. The van der Waals surface area contributed by atoms with Gasteiger partial charge in [0.05, 0.1) is 0 Å². The molecule has 0 aliphatic carbocycles. The molecule has 3 nitrogen and oxygen atoms in total. The molecular weight excluding hydrogens is 246 g/mol. The summed E-state index contributed by atoms with van der Waals surface area (Å²) in [6.45, 7) is 6.61. The Morgan fingerprint density at radius 2 is 1.95 bits per heavy atom. The first-order chi connectivity index (χ1) is 9.47. The third-order valence-electron chi connectivity index (χ3n) is 4.35. The lowest BCUT2D eigenvalue weighted by Crippen LogP contribution is -2.42. The maximum absolute atomic E-state index is 5.88. The molecule has 0 spiro atoms. The lowest BCUT2D eigenvalue weighted by Gasteiger charge is -2.37. The smallest absolute Gasteiger partial charge is 0.0396 e. The van der Waals surface area contributed by atoms with Crippen LogP contribution in [0.15, 0.2) is 18.2 Å². The van der Waals surface area contributed by atoms with E-state index in [4.69, 9.17) is 5.73 Å². The van der Waals surface area contributed by atoms with Crippen molar-refractivity contribution in [3.8, 4) is 0 Å².